The average molecular weight is 615 g/mol. The molecule has 2 aromatic carbocycles. The molecular formula is C33H47FN4O6. The van der Waals surface area contributed by atoms with Crippen molar-refractivity contribution in [1.29, 1.82) is 0 Å². The van der Waals surface area contributed by atoms with Gasteiger partial charge in [0.15, 0.2) is 5.78 Å². The molecule has 44 heavy (non-hydrogen) atoms. The van der Waals surface area contributed by atoms with E-state index >= 15 is 0 Å². The number of carbonyl (C=O) groups is 3. The Labute approximate surface area is 260 Å². The van der Waals surface area contributed by atoms with Gasteiger partial charge in [-0.25, -0.2) is 14.0 Å². The van der Waals surface area contributed by atoms with Gasteiger partial charge in [-0.15, -0.1) is 0 Å². The number of ether oxygens (including phenoxy) is 3. The Morgan fingerprint density at radius 1 is 0.773 bits per heavy atom. The van der Waals surface area contributed by atoms with Crippen LogP contribution in [0.4, 0.5) is 14.0 Å². The molecule has 1 N–H and O–H groups in total. The van der Waals surface area contributed by atoms with Crippen LogP contribution in [0.5, 0.6) is 5.75 Å². The summed E-state index contributed by atoms with van der Waals surface area (Å²) in [6.45, 7) is 16.9. The van der Waals surface area contributed by atoms with E-state index < -0.39 is 11.4 Å². The van der Waals surface area contributed by atoms with E-state index in [4.69, 9.17) is 14.2 Å². The Balaban J connectivity index is 0.000000340. The van der Waals surface area contributed by atoms with Gasteiger partial charge in [0.2, 0.25) is 0 Å². The Morgan fingerprint density at radius 2 is 1.32 bits per heavy atom. The van der Waals surface area contributed by atoms with E-state index in [2.05, 4.69) is 5.32 Å². The summed E-state index contributed by atoms with van der Waals surface area (Å²) in [5, 5.41) is 3.18. The average Bonchev–Trinajstić information content (AvgIpc) is 2.96. The number of rotatable bonds is 6. The quantitative estimate of drug-likeness (QED) is 0.456. The van der Waals surface area contributed by atoms with Crippen molar-refractivity contribution in [3.63, 3.8) is 0 Å². The van der Waals surface area contributed by atoms with Crippen LogP contribution < -0.4 is 10.1 Å². The number of hydrogen-bond donors (Lipinski definition) is 1. The first-order valence-corrected chi connectivity index (χ1v) is 15.1. The minimum Gasteiger partial charge on any atom is -0.488 e. The summed E-state index contributed by atoms with van der Waals surface area (Å²) in [5.41, 5.74) is 0.362. The molecule has 2 saturated heterocycles. The monoisotopic (exact) mass is 614 g/mol. The molecule has 0 bridgehead atoms. The molecule has 2 amide bonds. The molecule has 2 aromatic rings. The van der Waals surface area contributed by atoms with Crippen LogP contribution in [-0.4, -0.2) is 103 Å². The van der Waals surface area contributed by atoms with E-state index in [1.807, 2.05) is 76.8 Å². The lowest BCUT2D eigenvalue weighted by molar-refractivity contribution is 0.0148. The second kappa shape index (κ2) is 15.9. The van der Waals surface area contributed by atoms with Crippen molar-refractivity contribution in [3.8, 4) is 5.75 Å². The molecule has 0 unspecified atom stereocenters. The minimum atomic E-state index is -0.539. The fourth-order valence-electron chi connectivity index (χ4n) is 4.46. The molecule has 0 atom stereocenters. The number of nitrogens with one attached hydrogen (secondary N) is 1. The van der Waals surface area contributed by atoms with Crippen molar-refractivity contribution in [2.75, 3.05) is 58.9 Å². The zero-order valence-corrected chi connectivity index (χ0v) is 26.9. The predicted octanol–water partition coefficient (Wildman–Crippen LogP) is 4.97. The van der Waals surface area contributed by atoms with Crippen LogP contribution in [0, 0.1) is 5.82 Å². The fourth-order valence-corrected chi connectivity index (χ4v) is 4.46. The molecule has 242 valence electrons. The van der Waals surface area contributed by atoms with Gasteiger partial charge < -0.3 is 29.3 Å². The first-order chi connectivity index (χ1) is 20.7. The van der Waals surface area contributed by atoms with Gasteiger partial charge in [-0.2, -0.15) is 0 Å². The SMILES string of the molecule is CC(C)(C)OC(=O)N1CCN(CC(=O)c2ccc(F)cc2OCc2ccccc2)CC1.CC(C)(C)OC(=O)N1CCNCC1. The van der Waals surface area contributed by atoms with Gasteiger partial charge in [0.05, 0.1) is 12.1 Å². The smallest absolute Gasteiger partial charge is 0.410 e. The minimum absolute atomic E-state index is 0.145. The maximum atomic E-state index is 13.8. The van der Waals surface area contributed by atoms with Crippen molar-refractivity contribution in [3.05, 3.63) is 65.5 Å². The molecular weight excluding hydrogens is 567 g/mol. The van der Waals surface area contributed by atoms with Gasteiger partial charge >= 0.3 is 12.2 Å². The number of amides is 2. The molecule has 0 radical (unpaired) electrons. The summed E-state index contributed by atoms with van der Waals surface area (Å²) in [7, 11) is 0. The molecule has 11 heteroatoms. The first kappa shape index (κ1) is 34.8. The van der Waals surface area contributed by atoms with Crippen molar-refractivity contribution >= 4 is 18.0 Å². The maximum absolute atomic E-state index is 13.8. The van der Waals surface area contributed by atoms with E-state index in [0.29, 0.717) is 31.7 Å². The summed E-state index contributed by atoms with van der Waals surface area (Å²) in [5.74, 6) is -0.361. The molecule has 0 spiro atoms. The van der Waals surface area contributed by atoms with E-state index in [0.717, 1.165) is 31.7 Å². The molecule has 2 fully saturated rings. The standard InChI is InChI=1S/C24H29FN2O4.C9H18N2O2/c1-24(2,3)31-23(29)27-13-11-26(12-14-27)16-21(28)20-10-9-19(25)15-22(20)30-17-18-7-5-4-6-8-18;1-9(2,3)13-8(12)11-6-4-10-5-7-11/h4-10,15H,11-14,16-17H2,1-3H3;10H,4-7H2,1-3H3. The number of ketones is 1. The van der Waals surface area contributed by atoms with Crippen LogP contribution in [0.3, 0.4) is 0 Å². The second-order valence-electron chi connectivity index (χ2n) is 12.8. The third-order valence-electron chi connectivity index (χ3n) is 6.64. The topological polar surface area (TPSA) is 101 Å². The lowest BCUT2D eigenvalue weighted by atomic mass is 10.1. The van der Waals surface area contributed by atoms with Gasteiger partial charge in [-0.3, -0.25) is 9.69 Å². The third kappa shape index (κ3) is 12.1. The molecule has 2 aliphatic rings. The third-order valence-corrected chi connectivity index (χ3v) is 6.64. The highest BCUT2D eigenvalue weighted by Crippen LogP contribution is 2.23. The lowest BCUT2D eigenvalue weighted by Crippen LogP contribution is -2.51. The van der Waals surface area contributed by atoms with Crippen LogP contribution in [-0.2, 0) is 16.1 Å². The van der Waals surface area contributed by atoms with Crippen LogP contribution in [0.25, 0.3) is 0 Å². The molecule has 0 saturated carbocycles. The maximum Gasteiger partial charge on any atom is 0.410 e. The predicted molar refractivity (Wildman–Crippen MR) is 166 cm³/mol. The first-order valence-electron chi connectivity index (χ1n) is 15.1. The number of carbonyl (C=O) groups excluding carboxylic acids is 3. The molecule has 0 aromatic heterocycles. The van der Waals surface area contributed by atoms with Crippen molar-refractivity contribution < 1.29 is 33.0 Å². The summed E-state index contributed by atoms with van der Waals surface area (Å²) < 4.78 is 30.2. The summed E-state index contributed by atoms with van der Waals surface area (Å²) in [6.07, 6.45) is -0.539. The van der Waals surface area contributed by atoms with Crippen LogP contribution in [0.15, 0.2) is 48.5 Å². The van der Waals surface area contributed by atoms with E-state index in [9.17, 15) is 18.8 Å². The van der Waals surface area contributed by atoms with Gasteiger partial charge in [-0.1, -0.05) is 30.3 Å². The van der Waals surface area contributed by atoms with Gasteiger partial charge in [0.1, 0.15) is 29.4 Å². The van der Waals surface area contributed by atoms with E-state index in [1.54, 1.807) is 9.80 Å². The van der Waals surface area contributed by atoms with Gasteiger partial charge in [-0.05, 0) is 59.2 Å². The number of Topliss-reactive ketones (excluding diaryl/α,β-unsaturated/α-hetero) is 1. The molecule has 10 nitrogen and oxygen atoms in total. The van der Waals surface area contributed by atoms with Crippen LogP contribution in [0.2, 0.25) is 0 Å². The van der Waals surface area contributed by atoms with Crippen molar-refractivity contribution in [2.45, 2.75) is 59.4 Å². The summed E-state index contributed by atoms with van der Waals surface area (Å²) >= 11 is 0. The largest absolute Gasteiger partial charge is 0.488 e. The molecule has 2 heterocycles. The number of halogens is 1. The number of benzene rings is 2. The number of piperazine rings is 2. The molecule has 0 aliphatic carbocycles. The van der Waals surface area contributed by atoms with Crippen LogP contribution in [0.1, 0.15) is 57.5 Å². The Morgan fingerprint density at radius 3 is 1.86 bits per heavy atom. The fraction of sp³-hybridized carbons (Fsp3) is 0.545. The Hall–Kier alpha value is -3.70. The van der Waals surface area contributed by atoms with Crippen molar-refractivity contribution in [1.82, 2.24) is 20.0 Å². The number of nitrogens with zero attached hydrogens (tertiary/aromatic N) is 3. The van der Waals surface area contributed by atoms with Crippen molar-refractivity contribution in [2.24, 2.45) is 0 Å². The zero-order chi connectivity index (χ0) is 32.3. The Kier molecular flexibility index (Phi) is 12.5. The zero-order valence-electron chi connectivity index (χ0n) is 26.9. The highest BCUT2D eigenvalue weighted by atomic mass is 19.1. The summed E-state index contributed by atoms with van der Waals surface area (Å²) in [6, 6.07) is 13.5. The summed E-state index contributed by atoms with van der Waals surface area (Å²) in [4.78, 5) is 42.0. The second-order valence-corrected chi connectivity index (χ2v) is 12.8. The van der Waals surface area contributed by atoms with E-state index in [1.165, 1.54) is 18.2 Å². The van der Waals surface area contributed by atoms with Crippen LogP contribution >= 0.6 is 0 Å². The molecule has 2 aliphatic heterocycles. The van der Waals surface area contributed by atoms with E-state index in [-0.39, 0.29) is 42.5 Å². The van der Waals surface area contributed by atoms with Gasteiger partial charge in [0.25, 0.3) is 0 Å². The highest BCUT2D eigenvalue weighted by molar-refractivity contribution is 6.00. The number of hydrogen-bond acceptors (Lipinski definition) is 8. The normalized spacial score (nSPS) is 16.0. The Bertz CT molecular complexity index is 1230. The van der Waals surface area contributed by atoms with Gasteiger partial charge in [0, 0.05) is 58.4 Å². The lowest BCUT2D eigenvalue weighted by Gasteiger charge is -2.35. The highest BCUT2D eigenvalue weighted by Gasteiger charge is 2.27. The molecule has 4 rings (SSSR count).